The molecule has 5 nitrogen and oxygen atoms in total. The molecule has 2 amide bonds. The highest BCUT2D eigenvalue weighted by Crippen LogP contribution is 2.09. The van der Waals surface area contributed by atoms with Crippen LogP contribution in [0.4, 0.5) is 0 Å². The minimum Gasteiger partial charge on any atom is -0.341 e. The first-order chi connectivity index (χ1) is 8.41. The summed E-state index contributed by atoms with van der Waals surface area (Å²) in [6.07, 6.45) is 1.24. The van der Waals surface area contributed by atoms with Gasteiger partial charge in [0.05, 0.1) is 0 Å². The highest BCUT2D eigenvalue weighted by atomic mass is 35.5. The lowest BCUT2D eigenvalue weighted by Gasteiger charge is -2.24. The van der Waals surface area contributed by atoms with Crippen LogP contribution in [0.2, 0.25) is 0 Å². The van der Waals surface area contributed by atoms with Crippen molar-refractivity contribution in [3.05, 3.63) is 0 Å². The van der Waals surface area contributed by atoms with Gasteiger partial charge in [0.1, 0.15) is 0 Å². The van der Waals surface area contributed by atoms with Crippen LogP contribution in [-0.2, 0) is 9.59 Å². The van der Waals surface area contributed by atoms with Crippen molar-refractivity contribution in [3.63, 3.8) is 0 Å². The standard InChI is InChI=1S/C13H25N3O2.ClH/c1-10(2)13(18)16-6-4-5-15(7-8-16)12(17)9-11(3)14;/h10-11H,4-9,14H2,1-3H3;1H. The molecule has 1 atom stereocenters. The summed E-state index contributed by atoms with van der Waals surface area (Å²) in [5, 5.41) is 0. The van der Waals surface area contributed by atoms with E-state index in [1.165, 1.54) is 0 Å². The minimum atomic E-state index is -0.103. The van der Waals surface area contributed by atoms with Crippen LogP contribution in [0, 0.1) is 5.92 Å². The van der Waals surface area contributed by atoms with Crippen molar-refractivity contribution in [2.24, 2.45) is 11.7 Å². The first-order valence-corrected chi connectivity index (χ1v) is 6.74. The Morgan fingerprint density at radius 2 is 1.58 bits per heavy atom. The van der Waals surface area contributed by atoms with E-state index in [4.69, 9.17) is 5.73 Å². The van der Waals surface area contributed by atoms with Crippen molar-refractivity contribution in [1.82, 2.24) is 9.80 Å². The van der Waals surface area contributed by atoms with Crippen molar-refractivity contribution in [3.8, 4) is 0 Å². The lowest BCUT2D eigenvalue weighted by molar-refractivity contribution is -0.135. The van der Waals surface area contributed by atoms with Gasteiger partial charge in [-0.2, -0.15) is 0 Å². The van der Waals surface area contributed by atoms with E-state index in [1.54, 1.807) is 0 Å². The molecule has 1 rings (SSSR count). The van der Waals surface area contributed by atoms with Crippen LogP contribution < -0.4 is 5.73 Å². The zero-order valence-corrected chi connectivity index (χ0v) is 12.9. The number of halogens is 1. The molecule has 0 spiro atoms. The highest BCUT2D eigenvalue weighted by Gasteiger charge is 2.23. The van der Waals surface area contributed by atoms with Crippen LogP contribution >= 0.6 is 12.4 Å². The molecule has 1 heterocycles. The van der Waals surface area contributed by atoms with Gasteiger partial charge in [-0.05, 0) is 13.3 Å². The maximum Gasteiger partial charge on any atom is 0.225 e. The van der Waals surface area contributed by atoms with Gasteiger partial charge >= 0.3 is 0 Å². The maximum absolute atomic E-state index is 11.9. The van der Waals surface area contributed by atoms with Gasteiger partial charge < -0.3 is 15.5 Å². The van der Waals surface area contributed by atoms with E-state index in [1.807, 2.05) is 30.6 Å². The molecular formula is C13H26ClN3O2. The smallest absolute Gasteiger partial charge is 0.225 e. The summed E-state index contributed by atoms with van der Waals surface area (Å²) in [5.41, 5.74) is 5.64. The Balaban J connectivity index is 0.00000324. The molecule has 0 aromatic carbocycles. The molecule has 0 aromatic rings. The van der Waals surface area contributed by atoms with Gasteiger partial charge in [0.25, 0.3) is 0 Å². The number of nitrogens with zero attached hydrogens (tertiary/aromatic N) is 2. The maximum atomic E-state index is 11.9. The third kappa shape index (κ3) is 5.78. The van der Waals surface area contributed by atoms with Gasteiger partial charge in [-0.15, -0.1) is 12.4 Å². The molecule has 0 aromatic heterocycles. The number of hydrogen-bond acceptors (Lipinski definition) is 3. The molecule has 1 aliphatic rings. The summed E-state index contributed by atoms with van der Waals surface area (Å²) in [6, 6.07) is -0.103. The molecular weight excluding hydrogens is 266 g/mol. The van der Waals surface area contributed by atoms with Crippen molar-refractivity contribution in [1.29, 1.82) is 0 Å². The molecule has 19 heavy (non-hydrogen) atoms. The normalized spacial score (nSPS) is 17.7. The number of carbonyl (C=O) groups is 2. The topological polar surface area (TPSA) is 66.6 Å². The molecule has 1 fully saturated rings. The second-order valence-electron chi connectivity index (χ2n) is 5.40. The van der Waals surface area contributed by atoms with Gasteiger partial charge in [-0.25, -0.2) is 0 Å². The zero-order chi connectivity index (χ0) is 13.7. The van der Waals surface area contributed by atoms with Crippen molar-refractivity contribution < 1.29 is 9.59 Å². The van der Waals surface area contributed by atoms with E-state index in [9.17, 15) is 9.59 Å². The summed E-state index contributed by atoms with van der Waals surface area (Å²) in [6.45, 7) is 8.40. The van der Waals surface area contributed by atoms with Crippen LogP contribution in [0.3, 0.4) is 0 Å². The first kappa shape index (κ1) is 18.2. The van der Waals surface area contributed by atoms with Gasteiger partial charge in [0, 0.05) is 44.6 Å². The van der Waals surface area contributed by atoms with Crippen LogP contribution in [0.15, 0.2) is 0 Å². The SMILES string of the molecule is CC(N)CC(=O)N1CCCN(C(=O)C(C)C)CC1.Cl. The summed E-state index contributed by atoms with van der Waals surface area (Å²) < 4.78 is 0. The minimum absolute atomic E-state index is 0. The second kappa shape index (κ2) is 8.38. The predicted octanol–water partition coefficient (Wildman–Crippen LogP) is 0.862. The van der Waals surface area contributed by atoms with Crippen LogP contribution in [0.1, 0.15) is 33.6 Å². The monoisotopic (exact) mass is 291 g/mol. The Hall–Kier alpha value is -0.810. The van der Waals surface area contributed by atoms with E-state index in [2.05, 4.69) is 0 Å². The third-order valence-electron chi connectivity index (χ3n) is 3.15. The molecule has 6 heteroatoms. The summed E-state index contributed by atoms with van der Waals surface area (Å²) in [5.74, 6) is 0.302. The lowest BCUT2D eigenvalue weighted by Crippen LogP contribution is -2.40. The highest BCUT2D eigenvalue weighted by molar-refractivity contribution is 5.85. The molecule has 1 saturated heterocycles. The van der Waals surface area contributed by atoms with E-state index in [0.717, 1.165) is 19.5 Å². The second-order valence-corrected chi connectivity index (χ2v) is 5.40. The van der Waals surface area contributed by atoms with Gasteiger partial charge in [-0.3, -0.25) is 9.59 Å². The molecule has 112 valence electrons. The number of rotatable bonds is 3. The van der Waals surface area contributed by atoms with E-state index >= 15 is 0 Å². The number of nitrogens with two attached hydrogens (primary N) is 1. The third-order valence-corrected chi connectivity index (χ3v) is 3.15. The Labute approximate surface area is 121 Å². The molecule has 0 saturated carbocycles. The van der Waals surface area contributed by atoms with Crippen molar-refractivity contribution in [2.45, 2.75) is 39.7 Å². The van der Waals surface area contributed by atoms with Crippen LogP contribution in [-0.4, -0.2) is 53.8 Å². The Morgan fingerprint density at radius 1 is 1.05 bits per heavy atom. The van der Waals surface area contributed by atoms with Crippen molar-refractivity contribution in [2.75, 3.05) is 26.2 Å². The predicted molar refractivity (Wildman–Crippen MR) is 78.1 cm³/mol. The Bertz CT molecular complexity index is 308. The summed E-state index contributed by atoms with van der Waals surface area (Å²) >= 11 is 0. The lowest BCUT2D eigenvalue weighted by atomic mass is 10.2. The number of hydrogen-bond donors (Lipinski definition) is 1. The molecule has 2 N–H and O–H groups in total. The first-order valence-electron chi connectivity index (χ1n) is 6.74. The van der Waals surface area contributed by atoms with Gasteiger partial charge in [0.15, 0.2) is 0 Å². The molecule has 1 unspecified atom stereocenters. The Kier molecular flexibility index (Phi) is 8.02. The number of carbonyl (C=O) groups excluding carboxylic acids is 2. The van der Waals surface area contributed by atoms with E-state index < -0.39 is 0 Å². The average molecular weight is 292 g/mol. The fourth-order valence-corrected chi connectivity index (χ4v) is 2.16. The van der Waals surface area contributed by atoms with Gasteiger partial charge in [0.2, 0.25) is 11.8 Å². The molecule has 0 radical (unpaired) electrons. The fourth-order valence-electron chi connectivity index (χ4n) is 2.16. The molecule has 0 aliphatic carbocycles. The van der Waals surface area contributed by atoms with Crippen LogP contribution in [0.25, 0.3) is 0 Å². The number of amides is 2. The van der Waals surface area contributed by atoms with E-state index in [0.29, 0.717) is 19.5 Å². The van der Waals surface area contributed by atoms with Crippen molar-refractivity contribution >= 4 is 24.2 Å². The molecule has 0 bridgehead atoms. The van der Waals surface area contributed by atoms with Gasteiger partial charge in [-0.1, -0.05) is 13.8 Å². The zero-order valence-electron chi connectivity index (χ0n) is 12.1. The quantitative estimate of drug-likeness (QED) is 0.839. The molecule has 1 aliphatic heterocycles. The summed E-state index contributed by atoms with van der Waals surface area (Å²) in [4.78, 5) is 27.5. The fraction of sp³-hybridized carbons (Fsp3) is 0.846. The summed E-state index contributed by atoms with van der Waals surface area (Å²) in [7, 11) is 0. The van der Waals surface area contributed by atoms with Crippen LogP contribution in [0.5, 0.6) is 0 Å². The largest absolute Gasteiger partial charge is 0.341 e. The Morgan fingerprint density at radius 3 is 2.11 bits per heavy atom. The van der Waals surface area contributed by atoms with E-state index in [-0.39, 0.29) is 36.2 Å². The average Bonchev–Trinajstić information content (AvgIpc) is 2.52.